The molecule has 1 aromatic carbocycles. The average Bonchev–Trinajstić information content (AvgIpc) is 3.53. The van der Waals surface area contributed by atoms with Gasteiger partial charge in [0.2, 0.25) is 0 Å². The fourth-order valence-electron chi connectivity index (χ4n) is 3.73. The summed E-state index contributed by atoms with van der Waals surface area (Å²) in [6.07, 6.45) is 2.19. The average molecular weight is 454 g/mol. The summed E-state index contributed by atoms with van der Waals surface area (Å²) >= 11 is 6.07. The Kier molecular flexibility index (Phi) is 5.95. The number of nitrogens with zero attached hydrogens (tertiary/aromatic N) is 3. The van der Waals surface area contributed by atoms with Crippen LogP contribution >= 0.6 is 11.6 Å². The quantitative estimate of drug-likeness (QED) is 0.548. The number of rotatable bonds is 6. The number of halogens is 1. The lowest BCUT2D eigenvalue weighted by Gasteiger charge is -2.20. The molecule has 1 saturated carbocycles. The zero-order chi connectivity index (χ0) is 23.0. The van der Waals surface area contributed by atoms with E-state index in [1.165, 1.54) is 0 Å². The normalized spacial score (nSPS) is 13.9. The molecule has 8 heteroatoms. The van der Waals surface area contributed by atoms with Crippen molar-refractivity contribution in [3.63, 3.8) is 0 Å². The van der Waals surface area contributed by atoms with E-state index in [1.54, 1.807) is 24.3 Å². The minimum atomic E-state index is -0.269. The first-order chi connectivity index (χ1) is 15.2. The molecule has 0 bridgehead atoms. The van der Waals surface area contributed by atoms with Gasteiger partial charge in [-0.2, -0.15) is 5.10 Å². The van der Waals surface area contributed by atoms with Crippen LogP contribution < -0.4 is 10.6 Å². The fraction of sp³-hybridized carbons (Fsp3) is 0.417. The number of hydrogen-bond acceptors (Lipinski definition) is 4. The van der Waals surface area contributed by atoms with Crippen LogP contribution in [0.4, 0.5) is 0 Å². The lowest BCUT2D eigenvalue weighted by Crippen LogP contribution is -2.35. The Bertz CT molecular complexity index is 1190. The van der Waals surface area contributed by atoms with Crippen LogP contribution in [0.5, 0.6) is 0 Å². The third kappa shape index (κ3) is 4.48. The number of hydrogen-bond donors (Lipinski definition) is 2. The third-order valence-electron chi connectivity index (χ3n) is 5.52. The molecule has 0 saturated heterocycles. The molecule has 1 fully saturated rings. The summed E-state index contributed by atoms with van der Waals surface area (Å²) in [7, 11) is 0. The van der Waals surface area contributed by atoms with Gasteiger partial charge in [0.05, 0.1) is 32.8 Å². The van der Waals surface area contributed by atoms with Crippen molar-refractivity contribution in [3.05, 3.63) is 57.9 Å². The van der Waals surface area contributed by atoms with Crippen molar-refractivity contribution < 1.29 is 9.59 Å². The number of benzene rings is 1. The zero-order valence-corrected chi connectivity index (χ0v) is 19.6. The molecule has 4 rings (SSSR count). The lowest BCUT2D eigenvalue weighted by molar-refractivity contribution is 0.0928. The maximum atomic E-state index is 13.1. The van der Waals surface area contributed by atoms with Gasteiger partial charge >= 0.3 is 0 Å². The van der Waals surface area contributed by atoms with Crippen LogP contribution in [0, 0.1) is 6.92 Å². The summed E-state index contributed by atoms with van der Waals surface area (Å²) in [5, 5.41) is 11.6. The Morgan fingerprint density at radius 1 is 1.09 bits per heavy atom. The number of pyridine rings is 1. The van der Waals surface area contributed by atoms with Crippen LogP contribution in [0.15, 0.2) is 30.3 Å². The summed E-state index contributed by atoms with van der Waals surface area (Å²) in [6, 6.07) is 8.77. The minimum absolute atomic E-state index is 0.192. The largest absolute Gasteiger partial charge is 0.350 e. The van der Waals surface area contributed by atoms with E-state index in [0.29, 0.717) is 35.2 Å². The van der Waals surface area contributed by atoms with Gasteiger partial charge in [0.1, 0.15) is 0 Å². The number of nitrogens with one attached hydrogen (secondary N) is 2. The zero-order valence-electron chi connectivity index (χ0n) is 18.8. The number of aromatic nitrogens is 3. The maximum Gasteiger partial charge on any atom is 0.252 e. The van der Waals surface area contributed by atoms with Crippen LogP contribution in [0.1, 0.15) is 71.6 Å². The maximum absolute atomic E-state index is 13.1. The molecule has 3 aromatic rings. The monoisotopic (exact) mass is 453 g/mol. The second-order valence-corrected chi connectivity index (χ2v) is 9.63. The SMILES string of the molecule is Cc1nn(C(C)(C)C)c2nc(C3CC3)cc(C(=O)NCCNC(=O)c3ccccc3Cl)c12. The fourth-order valence-corrected chi connectivity index (χ4v) is 3.95. The van der Waals surface area contributed by atoms with Crippen molar-refractivity contribution >= 4 is 34.4 Å². The van der Waals surface area contributed by atoms with E-state index in [1.807, 2.05) is 17.7 Å². The molecule has 0 radical (unpaired) electrons. The number of carbonyl (C=O) groups excluding carboxylic acids is 2. The first-order valence-electron chi connectivity index (χ1n) is 10.9. The van der Waals surface area contributed by atoms with Crippen molar-refractivity contribution in [1.82, 2.24) is 25.4 Å². The topological polar surface area (TPSA) is 88.9 Å². The molecule has 2 aromatic heterocycles. The predicted octanol–water partition coefficient (Wildman–Crippen LogP) is 4.19. The van der Waals surface area contributed by atoms with E-state index in [4.69, 9.17) is 21.7 Å². The summed E-state index contributed by atoms with van der Waals surface area (Å²) < 4.78 is 1.91. The highest BCUT2D eigenvalue weighted by atomic mass is 35.5. The molecule has 32 heavy (non-hydrogen) atoms. The molecular weight excluding hydrogens is 426 g/mol. The Morgan fingerprint density at radius 3 is 2.31 bits per heavy atom. The van der Waals surface area contributed by atoms with Gasteiger partial charge in [-0.1, -0.05) is 23.7 Å². The van der Waals surface area contributed by atoms with Gasteiger partial charge in [0.25, 0.3) is 11.8 Å². The van der Waals surface area contributed by atoms with Gasteiger partial charge in [-0.15, -0.1) is 0 Å². The number of fused-ring (bicyclic) bond motifs is 1. The Balaban J connectivity index is 1.51. The van der Waals surface area contributed by atoms with Gasteiger partial charge in [-0.25, -0.2) is 9.67 Å². The van der Waals surface area contributed by atoms with Gasteiger partial charge in [0, 0.05) is 24.7 Å². The Labute approximate surface area is 192 Å². The molecule has 0 aliphatic heterocycles. The highest BCUT2D eigenvalue weighted by Gasteiger charge is 2.30. The molecule has 1 aliphatic carbocycles. The van der Waals surface area contributed by atoms with Crippen LogP contribution in [0.25, 0.3) is 11.0 Å². The molecule has 1 aliphatic rings. The van der Waals surface area contributed by atoms with E-state index >= 15 is 0 Å². The van der Waals surface area contributed by atoms with Crippen molar-refractivity contribution in [3.8, 4) is 0 Å². The number of aryl methyl sites for hydroxylation is 1. The van der Waals surface area contributed by atoms with Crippen molar-refractivity contribution in [2.24, 2.45) is 0 Å². The minimum Gasteiger partial charge on any atom is -0.350 e. The molecule has 0 atom stereocenters. The second-order valence-electron chi connectivity index (χ2n) is 9.23. The Morgan fingerprint density at radius 2 is 1.72 bits per heavy atom. The van der Waals surface area contributed by atoms with Crippen molar-refractivity contribution in [2.75, 3.05) is 13.1 Å². The second kappa shape index (κ2) is 8.54. The van der Waals surface area contributed by atoms with Gasteiger partial charge in [0.15, 0.2) is 5.65 Å². The lowest BCUT2D eigenvalue weighted by atomic mass is 10.1. The standard InChI is InChI=1S/C24H28ClN5O2/c1-14-20-17(13-19(15-9-10-15)28-21(20)30(29-14)24(2,3)4)23(32)27-12-11-26-22(31)16-7-5-6-8-18(16)25/h5-8,13,15H,9-12H2,1-4H3,(H,26,31)(H,27,32). The smallest absolute Gasteiger partial charge is 0.252 e. The van der Waals surface area contributed by atoms with E-state index in [0.717, 1.165) is 35.3 Å². The first kappa shape index (κ1) is 22.3. The van der Waals surface area contributed by atoms with Crippen LogP contribution in [0.3, 0.4) is 0 Å². The first-order valence-corrected chi connectivity index (χ1v) is 11.3. The number of carbonyl (C=O) groups is 2. The highest BCUT2D eigenvalue weighted by molar-refractivity contribution is 6.33. The summed E-state index contributed by atoms with van der Waals surface area (Å²) in [5.74, 6) is -0.0539. The Hall–Kier alpha value is -2.93. The molecule has 2 heterocycles. The van der Waals surface area contributed by atoms with Crippen LogP contribution in [-0.2, 0) is 5.54 Å². The molecular formula is C24H28ClN5O2. The van der Waals surface area contributed by atoms with Crippen molar-refractivity contribution in [1.29, 1.82) is 0 Å². The van der Waals surface area contributed by atoms with Gasteiger partial charge in [-0.05, 0) is 58.7 Å². The van der Waals surface area contributed by atoms with Crippen LogP contribution in [-0.4, -0.2) is 39.7 Å². The molecule has 0 spiro atoms. The number of amides is 2. The van der Waals surface area contributed by atoms with Gasteiger partial charge < -0.3 is 10.6 Å². The summed E-state index contributed by atoms with van der Waals surface area (Å²) in [4.78, 5) is 30.3. The van der Waals surface area contributed by atoms with E-state index in [9.17, 15) is 9.59 Å². The van der Waals surface area contributed by atoms with E-state index < -0.39 is 0 Å². The summed E-state index contributed by atoms with van der Waals surface area (Å²) in [5.41, 5.74) is 3.22. The molecule has 2 N–H and O–H groups in total. The highest BCUT2D eigenvalue weighted by Crippen LogP contribution is 2.41. The van der Waals surface area contributed by atoms with E-state index in [2.05, 4.69) is 31.4 Å². The predicted molar refractivity (Wildman–Crippen MR) is 125 cm³/mol. The summed E-state index contributed by atoms with van der Waals surface area (Å²) in [6.45, 7) is 8.72. The molecule has 0 unspecified atom stereocenters. The van der Waals surface area contributed by atoms with Gasteiger partial charge in [-0.3, -0.25) is 9.59 Å². The van der Waals surface area contributed by atoms with E-state index in [-0.39, 0.29) is 17.4 Å². The van der Waals surface area contributed by atoms with Crippen molar-refractivity contribution in [2.45, 2.75) is 52.0 Å². The molecule has 168 valence electrons. The third-order valence-corrected chi connectivity index (χ3v) is 5.85. The molecule has 7 nitrogen and oxygen atoms in total. The molecule has 2 amide bonds. The van der Waals surface area contributed by atoms with Crippen LogP contribution in [0.2, 0.25) is 5.02 Å².